The number of piperidine rings is 1. The number of hydrogen-bond donors (Lipinski definition) is 2. The molecule has 1 saturated heterocycles. The van der Waals surface area contributed by atoms with Crippen LogP contribution in [0.2, 0.25) is 0 Å². The lowest BCUT2D eigenvalue weighted by molar-refractivity contribution is -0.247. The second kappa shape index (κ2) is 5.62. The minimum absolute atomic E-state index is 0.0647. The maximum absolute atomic E-state index is 11.7. The van der Waals surface area contributed by atoms with E-state index in [9.17, 15) is 10.2 Å². The molecule has 2 fully saturated rings. The molecule has 2 heterocycles. The summed E-state index contributed by atoms with van der Waals surface area (Å²) in [5.74, 6) is 0.823. The van der Waals surface area contributed by atoms with E-state index in [4.69, 9.17) is 9.47 Å². The summed E-state index contributed by atoms with van der Waals surface area (Å²) in [5, 5.41) is 22.4. The highest BCUT2D eigenvalue weighted by molar-refractivity contribution is 5.65. The van der Waals surface area contributed by atoms with E-state index >= 15 is 0 Å². The van der Waals surface area contributed by atoms with E-state index in [1.54, 1.807) is 13.2 Å². The van der Waals surface area contributed by atoms with Crippen molar-refractivity contribution in [3.05, 3.63) is 35.4 Å². The van der Waals surface area contributed by atoms with Crippen LogP contribution < -0.4 is 4.74 Å². The molecule has 2 N–H and O–H groups in total. The summed E-state index contributed by atoms with van der Waals surface area (Å²) in [4.78, 5) is 2.51. The van der Waals surface area contributed by atoms with Gasteiger partial charge in [-0.1, -0.05) is 31.6 Å². The molecule has 30 heavy (non-hydrogen) atoms. The van der Waals surface area contributed by atoms with Gasteiger partial charge < -0.3 is 24.6 Å². The highest BCUT2D eigenvalue weighted by Gasteiger charge is 2.80. The van der Waals surface area contributed by atoms with Crippen LogP contribution in [0.4, 0.5) is 0 Å². The summed E-state index contributed by atoms with van der Waals surface area (Å²) in [6.07, 6.45) is 8.86. The van der Waals surface area contributed by atoms with E-state index in [0.29, 0.717) is 11.8 Å². The summed E-state index contributed by atoms with van der Waals surface area (Å²) in [5.41, 5.74) is 0.625. The highest BCUT2D eigenvalue weighted by Crippen LogP contribution is 2.75. The number of fused-ring (bicyclic) bond motifs is 1. The molecule has 0 aromatic heterocycles. The van der Waals surface area contributed by atoms with Gasteiger partial charge in [0.25, 0.3) is 0 Å². The van der Waals surface area contributed by atoms with Crippen molar-refractivity contribution in [2.45, 2.75) is 74.7 Å². The van der Waals surface area contributed by atoms with Crippen LogP contribution in [-0.2, 0) is 16.6 Å². The van der Waals surface area contributed by atoms with Gasteiger partial charge in [0, 0.05) is 30.0 Å². The first-order valence-electron chi connectivity index (χ1n) is 11.5. The molecular formula is C25H33NO4. The molecular weight excluding hydrogens is 378 g/mol. The van der Waals surface area contributed by atoms with Crippen LogP contribution in [0.5, 0.6) is 11.5 Å². The molecule has 4 aliphatic carbocycles. The number of methoxy groups -OCH3 is 1. The number of hydrogen-bond acceptors (Lipinski definition) is 5. The van der Waals surface area contributed by atoms with E-state index < -0.39 is 11.2 Å². The number of benzene rings is 1. The zero-order valence-corrected chi connectivity index (χ0v) is 18.4. The standard InChI is InChI=1S/C25H33NO4/c1-5-8-22(2,28)17-14-23-9-10-25(17,29-4)21-24(23)11-12-26(3)18(23)13-15-6-7-16(27)20(30-21)19(15)24/h6-7,9-10,17-18,21,27-28H,5,8,11-14H2,1-4H3/t17-,18-,21-,22+,23-,24+,25+/m1/s1. The Morgan fingerprint density at radius 3 is 2.87 bits per heavy atom. The summed E-state index contributed by atoms with van der Waals surface area (Å²) in [6.45, 7) is 5.11. The fourth-order valence-corrected chi connectivity index (χ4v) is 8.44. The highest BCUT2D eigenvalue weighted by atomic mass is 16.6. The van der Waals surface area contributed by atoms with Gasteiger partial charge in [0.2, 0.25) is 0 Å². The van der Waals surface area contributed by atoms with Gasteiger partial charge in [-0.25, -0.2) is 0 Å². The Labute approximate surface area is 178 Å². The molecule has 5 heteroatoms. The third-order valence-electron chi connectivity index (χ3n) is 9.58. The molecule has 1 aromatic rings. The SMILES string of the molecule is CCC[C@](C)(O)[C@H]1C[C@@]23C=C[C@@]1(OC)[C@@H]1Oc4c(O)ccc5c4[C@@]12CCN(C)[C@@H]3C5. The average molecular weight is 412 g/mol. The minimum atomic E-state index is -0.850. The number of aromatic hydroxyl groups is 1. The van der Waals surface area contributed by atoms with Crippen LogP contribution in [0, 0.1) is 11.3 Å². The Kier molecular flexibility index (Phi) is 3.59. The molecule has 0 radical (unpaired) electrons. The third kappa shape index (κ3) is 1.80. The van der Waals surface area contributed by atoms with Crippen molar-refractivity contribution >= 4 is 0 Å². The van der Waals surface area contributed by atoms with E-state index in [-0.39, 0.29) is 28.6 Å². The Balaban J connectivity index is 1.66. The molecule has 7 rings (SSSR count). The van der Waals surface area contributed by atoms with Gasteiger partial charge in [0.1, 0.15) is 11.7 Å². The number of ether oxygens (including phenoxy) is 2. The largest absolute Gasteiger partial charge is 0.504 e. The van der Waals surface area contributed by atoms with Crippen molar-refractivity contribution in [3.8, 4) is 11.5 Å². The molecule has 2 spiro atoms. The molecule has 0 amide bonds. The van der Waals surface area contributed by atoms with Gasteiger partial charge in [0.05, 0.1) is 11.0 Å². The fourth-order valence-electron chi connectivity index (χ4n) is 8.44. The Morgan fingerprint density at radius 2 is 2.13 bits per heavy atom. The fraction of sp³-hybridized carbons (Fsp3) is 0.680. The van der Waals surface area contributed by atoms with E-state index in [2.05, 4.69) is 37.1 Å². The van der Waals surface area contributed by atoms with Crippen molar-refractivity contribution < 1.29 is 19.7 Å². The number of likely N-dealkylation sites (tertiary alicyclic amines) is 1. The lowest BCUT2D eigenvalue weighted by Gasteiger charge is -2.72. The summed E-state index contributed by atoms with van der Waals surface area (Å²) in [7, 11) is 4.00. The second-order valence-corrected chi connectivity index (χ2v) is 10.7. The molecule has 1 saturated carbocycles. The summed E-state index contributed by atoms with van der Waals surface area (Å²) in [6, 6.07) is 4.23. The number of phenols is 1. The van der Waals surface area contributed by atoms with Crippen molar-refractivity contribution in [2.75, 3.05) is 20.7 Å². The molecule has 0 unspecified atom stereocenters. The summed E-state index contributed by atoms with van der Waals surface area (Å²) < 4.78 is 13.1. The van der Waals surface area contributed by atoms with Gasteiger partial charge in [0.15, 0.2) is 11.5 Å². The first kappa shape index (κ1) is 19.1. The normalized spacial score (nSPS) is 44.5. The van der Waals surface area contributed by atoms with Crippen LogP contribution in [-0.4, -0.2) is 59.2 Å². The molecule has 162 valence electrons. The molecule has 7 atom stereocenters. The van der Waals surface area contributed by atoms with Gasteiger partial charge >= 0.3 is 0 Å². The van der Waals surface area contributed by atoms with Gasteiger partial charge in [-0.2, -0.15) is 0 Å². The van der Waals surface area contributed by atoms with E-state index in [0.717, 1.165) is 38.6 Å². The number of aliphatic hydroxyl groups is 1. The third-order valence-corrected chi connectivity index (χ3v) is 9.58. The lowest BCUT2D eigenvalue weighted by atomic mass is 9.36. The Bertz CT molecular complexity index is 957. The quantitative estimate of drug-likeness (QED) is 0.746. The first-order valence-corrected chi connectivity index (χ1v) is 11.5. The average Bonchev–Trinajstić information content (AvgIpc) is 3.09. The van der Waals surface area contributed by atoms with Crippen LogP contribution >= 0.6 is 0 Å². The van der Waals surface area contributed by atoms with Crippen LogP contribution in [0.3, 0.4) is 0 Å². The second-order valence-electron chi connectivity index (χ2n) is 10.7. The van der Waals surface area contributed by atoms with Crippen molar-refractivity contribution in [2.24, 2.45) is 11.3 Å². The lowest BCUT2D eigenvalue weighted by Crippen LogP contribution is -2.80. The maximum Gasteiger partial charge on any atom is 0.165 e. The smallest absolute Gasteiger partial charge is 0.165 e. The van der Waals surface area contributed by atoms with Crippen molar-refractivity contribution in [1.29, 1.82) is 0 Å². The molecule has 5 nitrogen and oxygen atoms in total. The predicted molar refractivity (Wildman–Crippen MR) is 114 cm³/mol. The monoisotopic (exact) mass is 411 g/mol. The van der Waals surface area contributed by atoms with Crippen LogP contribution in [0.15, 0.2) is 24.3 Å². The van der Waals surface area contributed by atoms with E-state index in [1.807, 2.05) is 6.92 Å². The number of nitrogens with zero attached hydrogens (tertiary/aromatic N) is 1. The minimum Gasteiger partial charge on any atom is -0.504 e. The van der Waals surface area contributed by atoms with Gasteiger partial charge in [-0.05, 0) is 57.8 Å². The Hall–Kier alpha value is -1.56. The summed E-state index contributed by atoms with van der Waals surface area (Å²) >= 11 is 0. The maximum atomic E-state index is 11.7. The topological polar surface area (TPSA) is 62.2 Å². The molecule has 4 bridgehead atoms. The van der Waals surface area contributed by atoms with E-state index in [1.165, 1.54) is 11.1 Å². The molecule has 6 aliphatic rings. The van der Waals surface area contributed by atoms with Crippen LogP contribution in [0.1, 0.15) is 50.7 Å². The predicted octanol–water partition coefficient (Wildman–Crippen LogP) is 3.16. The Morgan fingerprint density at radius 1 is 1.33 bits per heavy atom. The number of likely N-dealkylation sites (N-methyl/N-ethyl adjacent to an activating group) is 1. The zero-order valence-electron chi connectivity index (χ0n) is 18.4. The first-order chi connectivity index (χ1) is 14.3. The molecule has 1 aromatic carbocycles. The number of phenolic OH excluding ortho intramolecular Hbond substituents is 1. The van der Waals surface area contributed by atoms with Gasteiger partial charge in [-0.15, -0.1) is 0 Å². The van der Waals surface area contributed by atoms with Crippen molar-refractivity contribution in [3.63, 3.8) is 0 Å². The van der Waals surface area contributed by atoms with Gasteiger partial charge in [-0.3, -0.25) is 0 Å². The van der Waals surface area contributed by atoms with Crippen molar-refractivity contribution in [1.82, 2.24) is 4.90 Å². The van der Waals surface area contributed by atoms with Crippen LogP contribution in [0.25, 0.3) is 0 Å². The number of rotatable bonds is 4. The molecule has 2 aliphatic heterocycles. The zero-order chi connectivity index (χ0) is 21.1.